The van der Waals surface area contributed by atoms with Gasteiger partial charge in [0.15, 0.2) is 0 Å². The van der Waals surface area contributed by atoms with Crippen molar-refractivity contribution in [2.75, 3.05) is 33.8 Å². The number of likely N-dealkylation sites (tertiary alicyclic amines) is 1. The minimum atomic E-state index is 0.136. The number of hydrogen-bond acceptors (Lipinski definition) is 3. The Hall–Kier alpha value is -0.610. The second-order valence-electron chi connectivity index (χ2n) is 5.50. The van der Waals surface area contributed by atoms with Crippen LogP contribution in [0.4, 0.5) is 0 Å². The van der Waals surface area contributed by atoms with Gasteiger partial charge in [-0.3, -0.25) is 4.79 Å². The molecule has 1 unspecified atom stereocenters. The standard InChI is InChI=1S/C12H22N2O2/c1-13(2)12(4-3-5-12)9-14-7-10(8-15)6-11(14)16/h10,15H,3-9H2,1-2H3. The predicted molar refractivity (Wildman–Crippen MR) is 62.0 cm³/mol. The van der Waals surface area contributed by atoms with E-state index >= 15 is 0 Å². The van der Waals surface area contributed by atoms with Gasteiger partial charge in [0.1, 0.15) is 0 Å². The SMILES string of the molecule is CN(C)C1(CN2CC(CO)CC2=O)CCC1. The van der Waals surface area contributed by atoms with E-state index in [2.05, 4.69) is 19.0 Å². The van der Waals surface area contributed by atoms with Crippen molar-refractivity contribution in [1.29, 1.82) is 0 Å². The van der Waals surface area contributed by atoms with Crippen LogP contribution in [-0.4, -0.2) is 60.1 Å². The number of aliphatic hydroxyl groups excluding tert-OH is 1. The van der Waals surface area contributed by atoms with Gasteiger partial charge in [0.2, 0.25) is 5.91 Å². The molecule has 1 aliphatic heterocycles. The number of carbonyl (C=O) groups excluding carboxylic acids is 1. The van der Waals surface area contributed by atoms with Crippen LogP contribution in [0.5, 0.6) is 0 Å². The highest BCUT2D eigenvalue weighted by atomic mass is 16.3. The number of hydrogen-bond donors (Lipinski definition) is 1. The number of amides is 1. The summed E-state index contributed by atoms with van der Waals surface area (Å²) in [6.45, 7) is 1.72. The van der Waals surface area contributed by atoms with Crippen LogP contribution in [0.15, 0.2) is 0 Å². The topological polar surface area (TPSA) is 43.8 Å². The Morgan fingerprint density at radius 1 is 1.50 bits per heavy atom. The average Bonchev–Trinajstić information content (AvgIpc) is 2.52. The summed E-state index contributed by atoms with van der Waals surface area (Å²) in [5.41, 5.74) is 0.208. The van der Waals surface area contributed by atoms with E-state index in [-0.39, 0.29) is 24.0 Å². The molecule has 0 aromatic heterocycles. The summed E-state index contributed by atoms with van der Waals surface area (Å²) < 4.78 is 0. The normalized spacial score (nSPS) is 28.6. The summed E-state index contributed by atoms with van der Waals surface area (Å²) in [6, 6.07) is 0. The van der Waals surface area contributed by atoms with Gasteiger partial charge in [0.05, 0.1) is 0 Å². The Kier molecular flexibility index (Phi) is 3.22. The van der Waals surface area contributed by atoms with Gasteiger partial charge in [-0.25, -0.2) is 0 Å². The van der Waals surface area contributed by atoms with Crippen molar-refractivity contribution in [2.24, 2.45) is 5.92 Å². The minimum Gasteiger partial charge on any atom is -0.396 e. The van der Waals surface area contributed by atoms with Crippen molar-refractivity contribution in [1.82, 2.24) is 9.80 Å². The summed E-state index contributed by atoms with van der Waals surface area (Å²) in [6.07, 6.45) is 4.17. The predicted octanol–water partition coefficient (Wildman–Crippen LogP) is 0.311. The van der Waals surface area contributed by atoms with Gasteiger partial charge in [0.25, 0.3) is 0 Å². The highest BCUT2D eigenvalue weighted by Gasteiger charge is 2.43. The fourth-order valence-electron chi connectivity index (χ4n) is 2.82. The molecule has 0 radical (unpaired) electrons. The first-order valence-electron chi connectivity index (χ1n) is 6.13. The zero-order valence-electron chi connectivity index (χ0n) is 10.3. The molecule has 0 aromatic rings. The molecule has 0 bridgehead atoms. The highest BCUT2D eigenvalue weighted by molar-refractivity contribution is 5.78. The minimum absolute atomic E-state index is 0.136. The fourth-order valence-corrected chi connectivity index (χ4v) is 2.82. The molecule has 1 aliphatic carbocycles. The second-order valence-corrected chi connectivity index (χ2v) is 5.50. The molecule has 4 heteroatoms. The number of nitrogens with zero attached hydrogens (tertiary/aromatic N) is 2. The van der Waals surface area contributed by atoms with Gasteiger partial charge in [-0.15, -0.1) is 0 Å². The lowest BCUT2D eigenvalue weighted by Gasteiger charge is -2.49. The molecular weight excluding hydrogens is 204 g/mol. The van der Waals surface area contributed by atoms with Gasteiger partial charge in [0, 0.05) is 37.6 Å². The summed E-state index contributed by atoms with van der Waals surface area (Å²) in [4.78, 5) is 16.0. The number of carbonyl (C=O) groups is 1. The van der Waals surface area contributed by atoms with Crippen molar-refractivity contribution in [3.05, 3.63) is 0 Å². The van der Waals surface area contributed by atoms with Crippen LogP contribution >= 0.6 is 0 Å². The van der Waals surface area contributed by atoms with E-state index in [4.69, 9.17) is 5.11 Å². The molecule has 2 rings (SSSR count). The Morgan fingerprint density at radius 2 is 2.19 bits per heavy atom. The van der Waals surface area contributed by atoms with Gasteiger partial charge in [-0.2, -0.15) is 0 Å². The van der Waals surface area contributed by atoms with Gasteiger partial charge in [-0.05, 0) is 33.4 Å². The lowest BCUT2D eigenvalue weighted by Crippen LogP contribution is -2.57. The first-order chi connectivity index (χ1) is 7.57. The molecule has 92 valence electrons. The molecule has 1 heterocycles. The molecule has 1 N–H and O–H groups in total. The third-order valence-corrected chi connectivity index (χ3v) is 4.27. The second kappa shape index (κ2) is 4.34. The van der Waals surface area contributed by atoms with Crippen LogP contribution in [0.3, 0.4) is 0 Å². The summed E-state index contributed by atoms with van der Waals surface area (Å²) >= 11 is 0. The molecule has 4 nitrogen and oxygen atoms in total. The fraction of sp³-hybridized carbons (Fsp3) is 0.917. The third kappa shape index (κ3) is 1.96. The maximum absolute atomic E-state index is 11.8. The zero-order chi connectivity index (χ0) is 11.8. The van der Waals surface area contributed by atoms with E-state index < -0.39 is 0 Å². The molecule has 1 saturated carbocycles. The van der Waals surface area contributed by atoms with E-state index in [0.29, 0.717) is 6.42 Å². The van der Waals surface area contributed by atoms with Gasteiger partial charge in [-0.1, -0.05) is 0 Å². The summed E-state index contributed by atoms with van der Waals surface area (Å²) in [5.74, 6) is 0.374. The van der Waals surface area contributed by atoms with Crippen molar-refractivity contribution in [3.63, 3.8) is 0 Å². The first kappa shape index (κ1) is 11.9. The molecule has 1 atom stereocenters. The van der Waals surface area contributed by atoms with Crippen molar-refractivity contribution in [2.45, 2.75) is 31.2 Å². The number of rotatable bonds is 4. The summed E-state index contributed by atoms with van der Waals surface area (Å²) in [7, 11) is 4.20. The van der Waals surface area contributed by atoms with E-state index in [0.717, 1.165) is 13.1 Å². The van der Waals surface area contributed by atoms with E-state index in [9.17, 15) is 4.79 Å². The third-order valence-electron chi connectivity index (χ3n) is 4.27. The maximum Gasteiger partial charge on any atom is 0.223 e. The largest absolute Gasteiger partial charge is 0.396 e. The van der Waals surface area contributed by atoms with Gasteiger partial charge < -0.3 is 14.9 Å². The molecule has 16 heavy (non-hydrogen) atoms. The van der Waals surface area contributed by atoms with Crippen molar-refractivity contribution < 1.29 is 9.90 Å². The quantitative estimate of drug-likeness (QED) is 0.750. The number of aliphatic hydroxyl groups is 1. The van der Waals surface area contributed by atoms with E-state index in [1.165, 1.54) is 19.3 Å². The molecule has 2 fully saturated rings. The lowest BCUT2D eigenvalue weighted by atomic mass is 9.75. The zero-order valence-corrected chi connectivity index (χ0v) is 10.3. The Bertz CT molecular complexity index is 274. The smallest absolute Gasteiger partial charge is 0.223 e. The number of likely N-dealkylation sites (N-methyl/N-ethyl adjacent to an activating group) is 1. The van der Waals surface area contributed by atoms with Gasteiger partial charge >= 0.3 is 0 Å². The van der Waals surface area contributed by atoms with E-state index in [1.54, 1.807) is 0 Å². The highest BCUT2D eigenvalue weighted by Crippen LogP contribution is 2.37. The molecule has 2 aliphatic rings. The maximum atomic E-state index is 11.8. The Labute approximate surface area is 97.2 Å². The lowest BCUT2D eigenvalue weighted by molar-refractivity contribution is -0.130. The van der Waals surface area contributed by atoms with E-state index in [1.807, 2.05) is 4.90 Å². The average molecular weight is 226 g/mol. The Balaban J connectivity index is 1.96. The van der Waals surface area contributed by atoms with Crippen molar-refractivity contribution >= 4 is 5.91 Å². The molecule has 0 spiro atoms. The van der Waals surface area contributed by atoms with Crippen LogP contribution in [0.2, 0.25) is 0 Å². The van der Waals surface area contributed by atoms with Crippen LogP contribution in [0, 0.1) is 5.92 Å². The van der Waals surface area contributed by atoms with Crippen LogP contribution in [-0.2, 0) is 4.79 Å². The molecular formula is C12H22N2O2. The molecule has 1 saturated heterocycles. The Morgan fingerprint density at radius 3 is 2.56 bits per heavy atom. The van der Waals surface area contributed by atoms with Crippen LogP contribution in [0.1, 0.15) is 25.7 Å². The van der Waals surface area contributed by atoms with Crippen LogP contribution in [0.25, 0.3) is 0 Å². The monoisotopic (exact) mass is 226 g/mol. The molecule has 0 aromatic carbocycles. The molecule has 1 amide bonds. The first-order valence-corrected chi connectivity index (χ1v) is 6.13. The summed E-state index contributed by atoms with van der Waals surface area (Å²) in [5, 5.41) is 9.09. The van der Waals surface area contributed by atoms with Crippen molar-refractivity contribution in [3.8, 4) is 0 Å². The van der Waals surface area contributed by atoms with Crippen LogP contribution < -0.4 is 0 Å².